The van der Waals surface area contributed by atoms with Crippen LogP contribution in [0.3, 0.4) is 0 Å². The van der Waals surface area contributed by atoms with Gasteiger partial charge in [0.05, 0.1) is 24.2 Å². The predicted molar refractivity (Wildman–Crippen MR) is 84.0 cm³/mol. The minimum Gasteiger partial charge on any atom is -0.463 e. The Labute approximate surface area is 129 Å². The molecule has 0 amide bonds. The number of ether oxygens (including phenoxy) is 2. The minimum absolute atomic E-state index is 0.0287. The molecular formula is C15H22N4O3. The first-order valence-corrected chi connectivity index (χ1v) is 7.39. The second kappa shape index (κ2) is 7.74. The lowest BCUT2D eigenvalue weighted by Gasteiger charge is -2.13. The van der Waals surface area contributed by atoms with Crippen LogP contribution >= 0.6 is 0 Å². The third-order valence-corrected chi connectivity index (χ3v) is 3.53. The molecule has 1 saturated heterocycles. The average molecular weight is 306 g/mol. The molecule has 0 spiro atoms. The summed E-state index contributed by atoms with van der Waals surface area (Å²) >= 11 is 0. The van der Waals surface area contributed by atoms with Crippen LogP contribution in [0.5, 0.6) is 0 Å². The number of nitrogens with one attached hydrogen (secondary N) is 1. The molecule has 1 aliphatic rings. The van der Waals surface area contributed by atoms with E-state index in [0.717, 1.165) is 24.2 Å². The number of aromatic amines is 1. The van der Waals surface area contributed by atoms with E-state index in [9.17, 15) is 4.79 Å². The molecule has 7 nitrogen and oxygen atoms in total. The quantitative estimate of drug-likeness (QED) is 0.489. The fourth-order valence-electron chi connectivity index (χ4n) is 2.39. The van der Waals surface area contributed by atoms with Gasteiger partial charge in [0, 0.05) is 19.2 Å². The number of rotatable bonds is 5. The lowest BCUT2D eigenvalue weighted by atomic mass is 10.1. The van der Waals surface area contributed by atoms with E-state index in [-0.39, 0.29) is 18.2 Å². The predicted octanol–water partition coefficient (Wildman–Crippen LogP) is 1.55. The Hall–Kier alpha value is -2.15. The van der Waals surface area contributed by atoms with Crippen LogP contribution in [0.15, 0.2) is 22.1 Å². The Morgan fingerprint density at radius 1 is 1.55 bits per heavy atom. The highest BCUT2D eigenvalue weighted by Gasteiger charge is 2.28. The Bertz CT molecular complexity index is 565. The summed E-state index contributed by atoms with van der Waals surface area (Å²) in [7, 11) is 1.66. The molecule has 120 valence electrons. The van der Waals surface area contributed by atoms with Crippen molar-refractivity contribution in [2.45, 2.75) is 38.4 Å². The SMILES string of the molecule is CCC(=O)OCC1CCC(c2ccc(C(N=CN)=NC)[nH]2)O1. The van der Waals surface area contributed by atoms with Gasteiger partial charge < -0.3 is 20.2 Å². The number of nitrogens with two attached hydrogens (primary N) is 1. The second-order valence-corrected chi connectivity index (χ2v) is 5.01. The highest BCUT2D eigenvalue weighted by Crippen LogP contribution is 2.32. The molecule has 0 radical (unpaired) electrons. The van der Waals surface area contributed by atoms with Gasteiger partial charge in [-0.25, -0.2) is 4.99 Å². The van der Waals surface area contributed by atoms with Crippen LogP contribution < -0.4 is 5.73 Å². The fraction of sp³-hybridized carbons (Fsp3) is 0.533. The van der Waals surface area contributed by atoms with Gasteiger partial charge in [0.2, 0.25) is 0 Å². The summed E-state index contributed by atoms with van der Waals surface area (Å²) in [6, 6.07) is 3.86. The normalized spacial score (nSPS) is 22.4. The van der Waals surface area contributed by atoms with Crippen molar-refractivity contribution in [3.8, 4) is 0 Å². The van der Waals surface area contributed by atoms with Gasteiger partial charge in [-0.05, 0) is 25.0 Å². The Morgan fingerprint density at radius 2 is 2.36 bits per heavy atom. The molecule has 1 aromatic heterocycles. The summed E-state index contributed by atoms with van der Waals surface area (Å²) in [6.45, 7) is 2.09. The van der Waals surface area contributed by atoms with Crippen LogP contribution in [0.25, 0.3) is 0 Å². The van der Waals surface area contributed by atoms with Gasteiger partial charge in [-0.2, -0.15) is 0 Å². The van der Waals surface area contributed by atoms with E-state index >= 15 is 0 Å². The number of hydrogen-bond donors (Lipinski definition) is 2. The second-order valence-electron chi connectivity index (χ2n) is 5.01. The maximum atomic E-state index is 11.2. The largest absolute Gasteiger partial charge is 0.463 e. The van der Waals surface area contributed by atoms with Crippen LogP contribution in [-0.4, -0.2) is 42.9 Å². The summed E-state index contributed by atoms with van der Waals surface area (Å²) in [5.74, 6) is 0.345. The molecule has 2 atom stereocenters. The molecule has 1 aliphatic heterocycles. The Morgan fingerprint density at radius 3 is 3.05 bits per heavy atom. The van der Waals surface area contributed by atoms with E-state index < -0.39 is 0 Å². The van der Waals surface area contributed by atoms with Gasteiger partial charge in [0.1, 0.15) is 6.61 Å². The summed E-state index contributed by atoms with van der Waals surface area (Å²) in [5.41, 5.74) is 7.07. The molecule has 22 heavy (non-hydrogen) atoms. The smallest absolute Gasteiger partial charge is 0.305 e. The number of nitrogens with zero attached hydrogens (tertiary/aromatic N) is 2. The third kappa shape index (κ3) is 3.94. The van der Waals surface area contributed by atoms with Gasteiger partial charge in [-0.1, -0.05) is 6.92 Å². The monoisotopic (exact) mass is 306 g/mol. The van der Waals surface area contributed by atoms with Crippen molar-refractivity contribution in [1.82, 2.24) is 4.98 Å². The van der Waals surface area contributed by atoms with Gasteiger partial charge in [0.25, 0.3) is 0 Å². The highest BCUT2D eigenvalue weighted by atomic mass is 16.6. The average Bonchev–Trinajstić information content (AvgIpc) is 3.19. The van der Waals surface area contributed by atoms with Crippen LogP contribution in [0.2, 0.25) is 0 Å². The Kier molecular flexibility index (Phi) is 5.71. The van der Waals surface area contributed by atoms with Crippen molar-refractivity contribution in [3.05, 3.63) is 23.5 Å². The summed E-state index contributed by atoms with van der Waals surface area (Å²) < 4.78 is 11.0. The van der Waals surface area contributed by atoms with Crippen molar-refractivity contribution in [1.29, 1.82) is 0 Å². The van der Waals surface area contributed by atoms with E-state index in [1.54, 1.807) is 14.0 Å². The summed E-state index contributed by atoms with van der Waals surface area (Å²) in [4.78, 5) is 22.5. The van der Waals surface area contributed by atoms with Gasteiger partial charge in [-0.15, -0.1) is 0 Å². The minimum atomic E-state index is -0.197. The van der Waals surface area contributed by atoms with E-state index in [1.807, 2.05) is 12.1 Å². The lowest BCUT2D eigenvalue weighted by molar-refractivity contribution is -0.147. The number of hydrogen-bond acceptors (Lipinski definition) is 4. The first-order chi connectivity index (χ1) is 10.7. The maximum Gasteiger partial charge on any atom is 0.305 e. The number of amidine groups is 1. The highest BCUT2D eigenvalue weighted by molar-refractivity contribution is 6.01. The van der Waals surface area contributed by atoms with Crippen molar-refractivity contribution in [2.24, 2.45) is 15.7 Å². The summed E-state index contributed by atoms with van der Waals surface area (Å²) in [6.07, 6.45) is 3.27. The summed E-state index contributed by atoms with van der Waals surface area (Å²) in [5, 5.41) is 0. The van der Waals surface area contributed by atoms with Gasteiger partial charge >= 0.3 is 5.97 Å². The maximum absolute atomic E-state index is 11.2. The number of aliphatic imine (C=N–C) groups is 2. The Balaban J connectivity index is 1.94. The molecule has 3 N–H and O–H groups in total. The molecule has 1 aromatic rings. The zero-order valence-electron chi connectivity index (χ0n) is 12.9. The molecule has 0 aromatic carbocycles. The zero-order valence-corrected chi connectivity index (χ0v) is 12.9. The fourth-order valence-corrected chi connectivity index (χ4v) is 2.39. The standard InChI is InChI=1S/C15H22N4O3/c1-3-14(20)21-8-10-4-7-13(22-10)11-5-6-12(19-11)15(17-2)18-9-16/h5-6,9-10,13,19H,3-4,7-8H2,1-2H3,(H2,16,17,18). The van der Waals surface area contributed by atoms with Crippen LogP contribution in [0, 0.1) is 0 Å². The third-order valence-electron chi connectivity index (χ3n) is 3.53. The van der Waals surface area contributed by atoms with E-state index in [1.165, 1.54) is 6.34 Å². The van der Waals surface area contributed by atoms with Crippen LogP contribution in [0.1, 0.15) is 43.7 Å². The molecule has 2 heterocycles. The van der Waals surface area contributed by atoms with Gasteiger partial charge in [0.15, 0.2) is 5.84 Å². The molecule has 0 saturated carbocycles. The van der Waals surface area contributed by atoms with E-state index in [2.05, 4.69) is 15.0 Å². The first kappa shape index (κ1) is 16.2. The number of aromatic nitrogens is 1. The number of H-pyrrole nitrogens is 1. The number of carbonyl (C=O) groups excluding carboxylic acids is 1. The molecule has 0 aliphatic carbocycles. The lowest BCUT2D eigenvalue weighted by Crippen LogP contribution is -2.17. The van der Waals surface area contributed by atoms with Crippen LogP contribution in [-0.2, 0) is 14.3 Å². The molecular weight excluding hydrogens is 284 g/mol. The van der Waals surface area contributed by atoms with Crippen molar-refractivity contribution in [2.75, 3.05) is 13.7 Å². The molecule has 2 rings (SSSR count). The van der Waals surface area contributed by atoms with Gasteiger partial charge in [-0.3, -0.25) is 9.79 Å². The molecule has 7 heteroatoms. The van der Waals surface area contributed by atoms with Crippen LogP contribution in [0.4, 0.5) is 0 Å². The molecule has 1 fully saturated rings. The van der Waals surface area contributed by atoms with E-state index in [0.29, 0.717) is 18.9 Å². The van der Waals surface area contributed by atoms with Crippen molar-refractivity contribution >= 4 is 18.1 Å². The first-order valence-electron chi connectivity index (χ1n) is 7.39. The topological polar surface area (TPSA) is 102 Å². The number of esters is 1. The zero-order chi connectivity index (χ0) is 15.9. The molecule has 2 unspecified atom stereocenters. The van der Waals surface area contributed by atoms with Crippen molar-refractivity contribution < 1.29 is 14.3 Å². The number of carbonyl (C=O) groups is 1. The van der Waals surface area contributed by atoms with E-state index in [4.69, 9.17) is 15.2 Å². The van der Waals surface area contributed by atoms with Crippen molar-refractivity contribution in [3.63, 3.8) is 0 Å². The molecule has 0 bridgehead atoms.